The third-order valence-electron chi connectivity index (χ3n) is 10.3. The highest BCUT2D eigenvalue weighted by Gasteiger charge is 2.61. The first kappa shape index (κ1) is 21.4. The number of fused-ring (bicyclic) bond motifs is 5. The molecule has 0 aromatic heterocycles. The van der Waals surface area contributed by atoms with Crippen LogP contribution in [-0.2, 0) is 4.79 Å². The molecule has 164 valence electrons. The molecular formula is C27H45NO. The first-order chi connectivity index (χ1) is 13.7. The molecule has 1 amide bonds. The fraction of sp³-hybridized carbons (Fsp3) is 0.889. The molecule has 2 nitrogen and oxygen atoms in total. The summed E-state index contributed by atoms with van der Waals surface area (Å²) in [7, 11) is 0. The minimum Gasteiger partial charge on any atom is -0.349 e. The molecule has 2 heteroatoms. The average molecular weight is 400 g/mol. The zero-order valence-electron chi connectivity index (χ0n) is 19.8. The van der Waals surface area contributed by atoms with E-state index in [-0.39, 0.29) is 11.3 Å². The minimum absolute atomic E-state index is 0.120. The van der Waals surface area contributed by atoms with Crippen molar-refractivity contribution in [2.24, 2.45) is 52.3 Å². The fourth-order valence-electron chi connectivity index (χ4n) is 8.71. The molecule has 3 saturated carbocycles. The highest BCUT2D eigenvalue weighted by molar-refractivity contribution is 5.89. The summed E-state index contributed by atoms with van der Waals surface area (Å²) in [5, 5.41) is 3.32. The van der Waals surface area contributed by atoms with Gasteiger partial charge in [0.05, 0.1) is 0 Å². The fourth-order valence-corrected chi connectivity index (χ4v) is 8.71. The number of hydrogen-bond acceptors (Lipinski definition) is 1. The molecule has 0 radical (unpaired) electrons. The molecule has 9 atom stereocenters. The molecule has 29 heavy (non-hydrogen) atoms. The van der Waals surface area contributed by atoms with Gasteiger partial charge in [-0.2, -0.15) is 0 Å². The van der Waals surface area contributed by atoms with E-state index in [1.807, 2.05) is 6.08 Å². The maximum Gasteiger partial charge on any atom is 0.243 e. The molecule has 1 N–H and O–H groups in total. The van der Waals surface area contributed by atoms with Crippen molar-refractivity contribution in [1.29, 1.82) is 0 Å². The first-order valence-electron chi connectivity index (χ1n) is 12.7. The number of amides is 1. The van der Waals surface area contributed by atoms with Crippen LogP contribution in [0.4, 0.5) is 0 Å². The summed E-state index contributed by atoms with van der Waals surface area (Å²) in [5.74, 6) is 5.93. The number of carbonyl (C=O) groups is 1. The van der Waals surface area contributed by atoms with Crippen LogP contribution in [0.15, 0.2) is 12.2 Å². The molecule has 0 spiro atoms. The van der Waals surface area contributed by atoms with Gasteiger partial charge in [0.25, 0.3) is 0 Å². The predicted octanol–water partition coefficient (Wildman–Crippen LogP) is 6.61. The van der Waals surface area contributed by atoms with Crippen LogP contribution < -0.4 is 5.32 Å². The van der Waals surface area contributed by atoms with Crippen molar-refractivity contribution in [3.05, 3.63) is 12.2 Å². The Labute approximate surface area is 179 Å². The van der Waals surface area contributed by atoms with Crippen molar-refractivity contribution in [3.63, 3.8) is 0 Å². The van der Waals surface area contributed by atoms with Gasteiger partial charge in [0.15, 0.2) is 0 Å². The standard InChI is InChI=1S/C27H45NO/c1-17(2)8-7-9-18(3)20-10-11-21-25-19(4)16-23-27(6,15-13-24(29)28-23)22(25)12-14-26(20,21)5/h13,15,17-23,25H,7-12,14,16H2,1-6H3,(H,28,29)/t18-,19?,20-,21+,22+,23-,25+,26-,27-/m1/s1. The van der Waals surface area contributed by atoms with E-state index in [4.69, 9.17) is 0 Å². The number of hydrogen-bond donors (Lipinski definition) is 1. The Hall–Kier alpha value is -0.790. The van der Waals surface area contributed by atoms with Gasteiger partial charge in [0, 0.05) is 11.5 Å². The van der Waals surface area contributed by atoms with Crippen LogP contribution in [0.25, 0.3) is 0 Å². The third kappa shape index (κ3) is 3.51. The topological polar surface area (TPSA) is 29.1 Å². The number of nitrogens with one attached hydrogen (secondary N) is 1. The van der Waals surface area contributed by atoms with Crippen molar-refractivity contribution >= 4 is 5.91 Å². The van der Waals surface area contributed by atoms with Crippen LogP contribution in [0.5, 0.6) is 0 Å². The lowest BCUT2D eigenvalue weighted by Gasteiger charge is -2.61. The summed E-state index contributed by atoms with van der Waals surface area (Å²) in [5.41, 5.74) is 0.699. The van der Waals surface area contributed by atoms with Crippen molar-refractivity contribution in [1.82, 2.24) is 5.32 Å². The van der Waals surface area contributed by atoms with Crippen LogP contribution in [0.1, 0.15) is 92.9 Å². The quantitative estimate of drug-likeness (QED) is 0.554. The molecule has 1 heterocycles. The van der Waals surface area contributed by atoms with E-state index < -0.39 is 0 Å². The summed E-state index contributed by atoms with van der Waals surface area (Å²) < 4.78 is 0. The Kier molecular flexibility index (Phi) is 5.71. The van der Waals surface area contributed by atoms with Crippen LogP contribution in [0.2, 0.25) is 0 Å². The lowest BCUT2D eigenvalue weighted by molar-refractivity contribution is -0.126. The number of carbonyl (C=O) groups excluding carboxylic acids is 1. The molecule has 0 aromatic carbocycles. The Morgan fingerprint density at radius 3 is 2.59 bits per heavy atom. The molecule has 3 fully saturated rings. The predicted molar refractivity (Wildman–Crippen MR) is 121 cm³/mol. The molecule has 4 rings (SSSR count). The third-order valence-corrected chi connectivity index (χ3v) is 10.3. The van der Waals surface area contributed by atoms with Crippen molar-refractivity contribution < 1.29 is 4.79 Å². The normalized spacial score (nSPS) is 47.3. The van der Waals surface area contributed by atoms with E-state index in [1.54, 1.807) is 0 Å². The summed E-state index contributed by atoms with van der Waals surface area (Å²) in [6.07, 6.45) is 15.1. The van der Waals surface area contributed by atoms with E-state index in [9.17, 15) is 4.79 Å². The second-order valence-electron chi connectivity index (χ2n) is 12.3. The Balaban J connectivity index is 1.53. The second-order valence-corrected chi connectivity index (χ2v) is 12.3. The highest BCUT2D eigenvalue weighted by Crippen LogP contribution is 2.67. The minimum atomic E-state index is 0.120. The van der Waals surface area contributed by atoms with E-state index in [0.29, 0.717) is 11.5 Å². The Morgan fingerprint density at radius 2 is 1.86 bits per heavy atom. The monoisotopic (exact) mass is 399 g/mol. The molecule has 1 unspecified atom stereocenters. The van der Waals surface area contributed by atoms with Crippen molar-refractivity contribution in [2.45, 2.75) is 99.0 Å². The van der Waals surface area contributed by atoms with Gasteiger partial charge in [-0.3, -0.25) is 4.79 Å². The first-order valence-corrected chi connectivity index (χ1v) is 12.7. The average Bonchev–Trinajstić information content (AvgIpc) is 3.00. The molecule has 1 aliphatic heterocycles. The maximum atomic E-state index is 12.0. The van der Waals surface area contributed by atoms with Crippen molar-refractivity contribution in [3.8, 4) is 0 Å². The summed E-state index contributed by atoms with van der Waals surface area (Å²) in [6, 6.07) is 0.341. The van der Waals surface area contributed by atoms with Crippen LogP contribution in [-0.4, -0.2) is 11.9 Å². The van der Waals surface area contributed by atoms with Crippen LogP contribution in [0, 0.1) is 52.3 Å². The second kappa shape index (κ2) is 7.72. The van der Waals surface area contributed by atoms with Gasteiger partial charge in [-0.15, -0.1) is 0 Å². The Bertz CT molecular complexity index is 653. The van der Waals surface area contributed by atoms with Gasteiger partial charge in [-0.05, 0) is 85.0 Å². The molecule has 0 saturated heterocycles. The molecule has 4 aliphatic rings. The number of rotatable bonds is 5. The van der Waals surface area contributed by atoms with Gasteiger partial charge in [0.1, 0.15) is 0 Å². The van der Waals surface area contributed by atoms with Gasteiger partial charge < -0.3 is 5.32 Å². The summed E-state index contributed by atoms with van der Waals surface area (Å²) in [4.78, 5) is 12.0. The van der Waals surface area contributed by atoms with Crippen molar-refractivity contribution in [2.75, 3.05) is 0 Å². The lowest BCUT2D eigenvalue weighted by Crippen LogP contribution is -2.61. The van der Waals surface area contributed by atoms with Gasteiger partial charge in [-0.25, -0.2) is 0 Å². The molecule has 0 bridgehead atoms. The molecule has 3 aliphatic carbocycles. The van der Waals surface area contributed by atoms with E-state index >= 15 is 0 Å². The van der Waals surface area contributed by atoms with E-state index in [1.165, 1.54) is 44.9 Å². The maximum absolute atomic E-state index is 12.0. The van der Waals surface area contributed by atoms with E-state index in [0.717, 1.165) is 47.8 Å². The SMILES string of the molecule is CC(C)CCC[C@@H](C)[C@H]1CC[C@H]2[C@@H]3C(C)C[C@H]4NC(=O)C=C[C@]4(C)[C@H]3CC[C@]12C. The van der Waals surface area contributed by atoms with E-state index in [2.05, 4.69) is 52.9 Å². The molecular weight excluding hydrogens is 354 g/mol. The van der Waals surface area contributed by atoms with Gasteiger partial charge in [-0.1, -0.05) is 66.9 Å². The zero-order chi connectivity index (χ0) is 21.0. The van der Waals surface area contributed by atoms with Gasteiger partial charge >= 0.3 is 0 Å². The zero-order valence-corrected chi connectivity index (χ0v) is 19.8. The Morgan fingerprint density at radius 1 is 1.10 bits per heavy atom. The van der Waals surface area contributed by atoms with Crippen LogP contribution >= 0.6 is 0 Å². The highest BCUT2D eigenvalue weighted by atomic mass is 16.1. The smallest absolute Gasteiger partial charge is 0.243 e. The largest absolute Gasteiger partial charge is 0.349 e. The molecule has 0 aromatic rings. The summed E-state index contributed by atoms with van der Waals surface area (Å²) in [6.45, 7) is 14.9. The van der Waals surface area contributed by atoms with Gasteiger partial charge in [0.2, 0.25) is 5.91 Å². The lowest BCUT2D eigenvalue weighted by atomic mass is 9.45. The van der Waals surface area contributed by atoms with Crippen LogP contribution in [0.3, 0.4) is 0 Å². The summed E-state index contributed by atoms with van der Waals surface area (Å²) >= 11 is 0.